The molecule has 3 aromatic heterocycles. The predicted octanol–water partition coefficient (Wildman–Crippen LogP) is 2.72. The minimum Gasteiger partial charge on any atom is -0.438 e. The fourth-order valence-corrected chi connectivity index (χ4v) is 2.44. The number of fused-ring (bicyclic) bond motifs is 1. The van der Waals surface area contributed by atoms with Crippen LogP contribution in [0.1, 0.15) is 17.5 Å². The lowest BCUT2D eigenvalue weighted by Crippen LogP contribution is -2.10. The maximum atomic E-state index is 12.0. The van der Waals surface area contributed by atoms with Crippen LogP contribution in [-0.4, -0.2) is 31.6 Å². The minimum absolute atomic E-state index is 0.105. The molecule has 0 aliphatic heterocycles. The first kappa shape index (κ1) is 17.2. The fraction of sp³-hybridized carbons (Fsp3) is 0.0556. The van der Waals surface area contributed by atoms with E-state index in [4.69, 9.17) is 9.26 Å². The van der Waals surface area contributed by atoms with E-state index in [0.717, 1.165) is 0 Å². The maximum Gasteiger partial charge on any atom is 0.294 e. The van der Waals surface area contributed by atoms with Crippen molar-refractivity contribution in [3.63, 3.8) is 0 Å². The summed E-state index contributed by atoms with van der Waals surface area (Å²) in [6.07, 6.45) is 2.97. The number of hydrogen-bond donors (Lipinski definition) is 2. The van der Waals surface area contributed by atoms with Crippen molar-refractivity contribution in [2.75, 3.05) is 10.6 Å². The number of anilines is 2. The van der Waals surface area contributed by atoms with Crippen molar-refractivity contribution in [3.8, 4) is 11.6 Å². The van der Waals surface area contributed by atoms with Crippen LogP contribution in [0.25, 0.3) is 5.65 Å². The van der Waals surface area contributed by atoms with Crippen molar-refractivity contribution in [1.29, 1.82) is 0 Å². The lowest BCUT2D eigenvalue weighted by molar-refractivity contribution is -0.114. The molecule has 0 saturated heterocycles. The summed E-state index contributed by atoms with van der Waals surface area (Å²) in [4.78, 5) is 27.4. The Labute approximate surface area is 158 Å². The lowest BCUT2D eigenvalue weighted by atomic mass is 10.3. The maximum absolute atomic E-state index is 12.0. The molecule has 2 amide bonds. The van der Waals surface area contributed by atoms with E-state index in [9.17, 15) is 9.59 Å². The van der Waals surface area contributed by atoms with Gasteiger partial charge in [-0.3, -0.25) is 9.59 Å². The standard InChI is InChI=1S/C18H14N6O4/c1-11(25)20-15-10-24-16(22-15)5-6-17(23-24)27-13-4-2-3-12(9-13)21-18(26)14-7-8-19-28-14/h2-10H,1H3,(H,20,25)(H,21,26). The normalized spacial score (nSPS) is 10.6. The Bertz CT molecular complexity index is 1150. The summed E-state index contributed by atoms with van der Waals surface area (Å²) in [5, 5.41) is 13.1. The highest BCUT2D eigenvalue weighted by Gasteiger charge is 2.11. The van der Waals surface area contributed by atoms with Gasteiger partial charge >= 0.3 is 0 Å². The first-order valence-electron chi connectivity index (χ1n) is 8.21. The second-order valence-electron chi connectivity index (χ2n) is 5.74. The number of imidazole rings is 1. The highest BCUT2D eigenvalue weighted by Crippen LogP contribution is 2.23. The highest BCUT2D eigenvalue weighted by molar-refractivity contribution is 6.02. The van der Waals surface area contributed by atoms with Gasteiger partial charge in [-0.2, -0.15) is 0 Å². The molecule has 4 aromatic rings. The molecule has 0 atom stereocenters. The average molecular weight is 378 g/mol. The van der Waals surface area contributed by atoms with E-state index in [-0.39, 0.29) is 11.7 Å². The number of hydrogen-bond acceptors (Lipinski definition) is 7. The van der Waals surface area contributed by atoms with Gasteiger partial charge in [0.1, 0.15) is 5.75 Å². The largest absolute Gasteiger partial charge is 0.438 e. The number of amides is 2. The van der Waals surface area contributed by atoms with Gasteiger partial charge in [-0.1, -0.05) is 11.2 Å². The summed E-state index contributed by atoms with van der Waals surface area (Å²) in [5.74, 6) is 0.660. The summed E-state index contributed by atoms with van der Waals surface area (Å²) in [6.45, 7) is 1.40. The van der Waals surface area contributed by atoms with Gasteiger partial charge in [0.15, 0.2) is 11.5 Å². The zero-order chi connectivity index (χ0) is 19.5. The van der Waals surface area contributed by atoms with E-state index in [2.05, 4.69) is 25.9 Å². The molecular weight excluding hydrogens is 364 g/mol. The molecule has 0 saturated carbocycles. The summed E-state index contributed by atoms with van der Waals surface area (Å²) < 4.78 is 12.1. The third-order valence-electron chi connectivity index (χ3n) is 3.58. The quantitative estimate of drug-likeness (QED) is 0.547. The number of carbonyl (C=O) groups is 2. The number of carbonyl (C=O) groups excluding carboxylic acids is 2. The van der Waals surface area contributed by atoms with Gasteiger partial charge in [-0.25, -0.2) is 9.50 Å². The van der Waals surface area contributed by atoms with Crippen molar-refractivity contribution in [1.82, 2.24) is 19.8 Å². The summed E-state index contributed by atoms with van der Waals surface area (Å²) in [6, 6.07) is 11.7. The van der Waals surface area contributed by atoms with E-state index in [0.29, 0.717) is 28.8 Å². The number of ether oxygens (including phenoxy) is 1. The first-order valence-corrected chi connectivity index (χ1v) is 8.21. The molecule has 0 unspecified atom stereocenters. The van der Waals surface area contributed by atoms with Crippen LogP contribution >= 0.6 is 0 Å². The molecule has 2 N–H and O–H groups in total. The van der Waals surface area contributed by atoms with Crippen LogP contribution in [0.4, 0.5) is 11.5 Å². The predicted molar refractivity (Wildman–Crippen MR) is 98.3 cm³/mol. The Morgan fingerprint density at radius 3 is 2.82 bits per heavy atom. The number of aromatic nitrogens is 4. The van der Waals surface area contributed by atoms with Crippen molar-refractivity contribution in [3.05, 3.63) is 60.6 Å². The zero-order valence-corrected chi connectivity index (χ0v) is 14.6. The molecule has 0 bridgehead atoms. The minimum atomic E-state index is -0.418. The molecular formula is C18H14N6O4. The first-order chi connectivity index (χ1) is 13.6. The topological polar surface area (TPSA) is 124 Å². The number of rotatable bonds is 5. The zero-order valence-electron chi connectivity index (χ0n) is 14.6. The van der Waals surface area contributed by atoms with E-state index in [1.54, 1.807) is 42.6 Å². The van der Waals surface area contributed by atoms with Crippen LogP contribution in [0.3, 0.4) is 0 Å². The second kappa shape index (κ2) is 7.19. The molecule has 10 heteroatoms. The van der Waals surface area contributed by atoms with Gasteiger partial charge in [0.05, 0.1) is 12.4 Å². The Hall–Kier alpha value is -4.21. The third kappa shape index (κ3) is 3.80. The van der Waals surface area contributed by atoms with Crippen LogP contribution in [0.5, 0.6) is 11.6 Å². The SMILES string of the molecule is CC(=O)Nc1cn2nc(Oc3cccc(NC(=O)c4ccno4)c3)ccc2n1. The highest BCUT2D eigenvalue weighted by atomic mass is 16.5. The number of nitrogens with one attached hydrogen (secondary N) is 2. The molecule has 4 rings (SSSR count). The van der Waals surface area contributed by atoms with Crippen LogP contribution < -0.4 is 15.4 Å². The molecule has 0 fully saturated rings. The molecule has 0 aliphatic rings. The van der Waals surface area contributed by atoms with Crippen LogP contribution in [-0.2, 0) is 4.79 Å². The Balaban J connectivity index is 1.50. The molecule has 140 valence electrons. The van der Waals surface area contributed by atoms with Gasteiger partial charge in [0.2, 0.25) is 17.5 Å². The lowest BCUT2D eigenvalue weighted by Gasteiger charge is -2.07. The Morgan fingerprint density at radius 1 is 1.14 bits per heavy atom. The molecule has 28 heavy (non-hydrogen) atoms. The van der Waals surface area contributed by atoms with Crippen molar-refractivity contribution in [2.24, 2.45) is 0 Å². The summed E-state index contributed by atoms with van der Waals surface area (Å²) >= 11 is 0. The second-order valence-corrected chi connectivity index (χ2v) is 5.74. The summed E-state index contributed by atoms with van der Waals surface area (Å²) in [7, 11) is 0. The van der Waals surface area contributed by atoms with Crippen molar-refractivity contribution in [2.45, 2.75) is 6.92 Å². The molecule has 10 nitrogen and oxygen atoms in total. The van der Waals surface area contributed by atoms with E-state index in [1.165, 1.54) is 23.7 Å². The fourth-order valence-electron chi connectivity index (χ4n) is 2.44. The van der Waals surface area contributed by atoms with E-state index in [1.807, 2.05) is 0 Å². The smallest absolute Gasteiger partial charge is 0.294 e. The van der Waals surface area contributed by atoms with Gasteiger partial charge in [-0.05, 0) is 18.2 Å². The van der Waals surface area contributed by atoms with E-state index >= 15 is 0 Å². The van der Waals surface area contributed by atoms with E-state index < -0.39 is 5.91 Å². The van der Waals surface area contributed by atoms with Gasteiger partial charge in [0.25, 0.3) is 5.91 Å². The average Bonchev–Trinajstić information content (AvgIpc) is 3.30. The van der Waals surface area contributed by atoms with Crippen molar-refractivity contribution >= 4 is 29.0 Å². The van der Waals surface area contributed by atoms with Gasteiger partial charge < -0.3 is 19.9 Å². The van der Waals surface area contributed by atoms with Gasteiger partial charge in [-0.15, -0.1) is 5.10 Å². The van der Waals surface area contributed by atoms with Gasteiger partial charge in [0, 0.05) is 30.8 Å². The Kier molecular flexibility index (Phi) is 4.42. The van der Waals surface area contributed by atoms with Crippen LogP contribution in [0, 0.1) is 0 Å². The summed E-state index contributed by atoms with van der Waals surface area (Å²) in [5.41, 5.74) is 1.08. The molecule has 0 radical (unpaired) electrons. The van der Waals surface area contributed by atoms with Crippen LogP contribution in [0.15, 0.2) is 59.4 Å². The van der Waals surface area contributed by atoms with Crippen molar-refractivity contribution < 1.29 is 18.8 Å². The monoisotopic (exact) mass is 378 g/mol. The number of nitrogens with zero attached hydrogens (tertiary/aromatic N) is 4. The number of benzene rings is 1. The molecule has 1 aromatic carbocycles. The molecule has 0 aliphatic carbocycles. The van der Waals surface area contributed by atoms with Crippen LogP contribution in [0.2, 0.25) is 0 Å². The Morgan fingerprint density at radius 2 is 2.04 bits per heavy atom. The molecule has 3 heterocycles. The molecule has 0 spiro atoms. The third-order valence-corrected chi connectivity index (χ3v) is 3.58.